The Morgan fingerprint density at radius 2 is 1.97 bits per heavy atom. The van der Waals surface area contributed by atoms with Gasteiger partial charge in [-0.05, 0) is 31.0 Å². The number of carbonyl (C=O) groups excluding carboxylic acids is 1. The van der Waals surface area contributed by atoms with Gasteiger partial charge in [-0.15, -0.1) is 0 Å². The third-order valence-corrected chi connectivity index (χ3v) is 5.23. The molecule has 2 aromatic carbocycles. The number of ether oxygens (including phenoxy) is 1. The lowest BCUT2D eigenvalue weighted by atomic mass is 9.94. The van der Waals surface area contributed by atoms with E-state index in [0.717, 1.165) is 18.5 Å². The van der Waals surface area contributed by atoms with Crippen molar-refractivity contribution >= 4 is 23.5 Å². The summed E-state index contributed by atoms with van der Waals surface area (Å²) >= 11 is 0. The first-order valence-corrected chi connectivity index (χ1v) is 10.1. The molecule has 0 aliphatic heterocycles. The molecular weight excluding hydrogens is 384 g/mol. The van der Waals surface area contributed by atoms with Crippen molar-refractivity contribution in [1.29, 1.82) is 0 Å². The van der Waals surface area contributed by atoms with Crippen molar-refractivity contribution in [3.63, 3.8) is 0 Å². The molecule has 0 radical (unpaired) electrons. The van der Waals surface area contributed by atoms with Crippen molar-refractivity contribution in [2.24, 2.45) is 5.10 Å². The van der Waals surface area contributed by atoms with Crippen molar-refractivity contribution in [1.82, 2.24) is 5.43 Å². The number of amides is 1. The lowest BCUT2D eigenvalue weighted by Gasteiger charge is -2.33. The Labute approximate surface area is 175 Å². The summed E-state index contributed by atoms with van der Waals surface area (Å²) in [5, 5.41) is 15.2. The maximum atomic E-state index is 12.0. The average Bonchev–Trinajstić information content (AvgIpc) is 2.78. The Bertz CT molecular complexity index is 895. The van der Waals surface area contributed by atoms with Crippen LogP contribution in [0, 0.1) is 10.1 Å². The fourth-order valence-electron chi connectivity index (χ4n) is 3.62. The fourth-order valence-corrected chi connectivity index (χ4v) is 3.62. The minimum Gasteiger partial charge on any atom is -0.484 e. The molecule has 8 nitrogen and oxygen atoms in total. The number of carbonyl (C=O) groups is 1. The molecule has 0 aromatic heterocycles. The average molecular weight is 410 g/mol. The molecule has 0 atom stereocenters. The standard InChI is InChI=1S/C22H26N4O4/c1-25(18-8-4-2-5-9-18)21-13-12-19(26(28)29)14-17(21)15-23-24-22(27)16-30-20-10-6-3-7-11-20/h3,6-7,10-15,18H,2,4-5,8-9,16H2,1H3,(H,24,27). The molecule has 0 unspecified atom stereocenters. The Morgan fingerprint density at radius 1 is 1.23 bits per heavy atom. The predicted molar refractivity (Wildman–Crippen MR) is 116 cm³/mol. The summed E-state index contributed by atoms with van der Waals surface area (Å²) < 4.78 is 5.38. The van der Waals surface area contributed by atoms with Crippen molar-refractivity contribution in [3.8, 4) is 5.75 Å². The SMILES string of the molecule is CN(c1ccc([N+](=O)[O-])cc1C=NNC(=O)COc1ccccc1)C1CCCCC1. The lowest BCUT2D eigenvalue weighted by molar-refractivity contribution is -0.384. The van der Waals surface area contributed by atoms with Crippen LogP contribution in [0.3, 0.4) is 0 Å². The van der Waals surface area contributed by atoms with Crippen LogP contribution in [0.4, 0.5) is 11.4 Å². The lowest BCUT2D eigenvalue weighted by Crippen LogP contribution is -2.34. The molecule has 30 heavy (non-hydrogen) atoms. The first-order valence-electron chi connectivity index (χ1n) is 10.1. The highest BCUT2D eigenvalue weighted by Crippen LogP contribution is 2.30. The van der Waals surface area contributed by atoms with Gasteiger partial charge in [0.1, 0.15) is 5.75 Å². The maximum absolute atomic E-state index is 12.0. The van der Waals surface area contributed by atoms with Crippen LogP contribution in [0.15, 0.2) is 53.6 Å². The van der Waals surface area contributed by atoms with Gasteiger partial charge in [-0.3, -0.25) is 14.9 Å². The van der Waals surface area contributed by atoms with Gasteiger partial charge in [0.15, 0.2) is 6.61 Å². The highest BCUT2D eigenvalue weighted by molar-refractivity contribution is 5.90. The van der Waals surface area contributed by atoms with Crippen molar-refractivity contribution in [2.75, 3.05) is 18.6 Å². The Kier molecular flexibility index (Phi) is 7.37. The van der Waals surface area contributed by atoms with E-state index in [1.165, 1.54) is 37.6 Å². The molecule has 8 heteroatoms. The third kappa shape index (κ3) is 5.79. The molecule has 3 rings (SSSR count). The molecule has 0 spiro atoms. The Balaban J connectivity index is 1.68. The zero-order chi connectivity index (χ0) is 21.3. The van der Waals surface area contributed by atoms with Crippen LogP contribution in [0.25, 0.3) is 0 Å². The fraction of sp³-hybridized carbons (Fsp3) is 0.364. The summed E-state index contributed by atoms with van der Waals surface area (Å²) in [5.74, 6) is 0.175. The zero-order valence-corrected chi connectivity index (χ0v) is 17.0. The normalized spacial score (nSPS) is 14.4. The predicted octanol–water partition coefficient (Wildman–Crippen LogP) is 3.89. The van der Waals surface area contributed by atoms with Gasteiger partial charge in [-0.1, -0.05) is 37.5 Å². The monoisotopic (exact) mass is 410 g/mol. The van der Waals surface area contributed by atoms with Crippen LogP contribution in [0.5, 0.6) is 5.75 Å². The number of benzene rings is 2. The number of rotatable bonds is 8. The van der Waals surface area contributed by atoms with Crippen molar-refractivity contribution in [2.45, 2.75) is 38.1 Å². The van der Waals surface area contributed by atoms with Crippen molar-refractivity contribution in [3.05, 3.63) is 64.2 Å². The van der Waals surface area contributed by atoms with Crippen LogP contribution >= 0.6 is 0 Å². The summed E-state index contributed by atoms with van der Waals surface area (Å²) in [6.07, 6.45) is 7.25. The van der Waals surface area contributed by atoms with E-state index < -0.39 is 10.8 Å². The topological polar surface area (TPSA) is 97.1 Å². The minimum atomic E-state index is -0.436. The smallest absolute Gasteiger partial charge is 0.277 e. The van der Waals surface area contributed by atoms with Crippen LogP contribution in [-0.4, -0.2) is 36.7 Å². The van der Waals surface area contributed by atoms with Gasteiger partial charge in [0.2, 0.25) is 0 Å². The molecule has 1 aliphatic carbocycles. The van der Waals surface area contributed by atoms with Gasteiger partial charge in [-0.2, -0.15) is 5.10 Å². The number of nitrogens with zero attached hydrogens (tertiary/aromatic N) is 3. The van der Waals surface area contributed by atoms with E-state index in [1.54, 1.807) is 18.2 Å². The second-order valence-corrected chi connectivity index (χ2v) is 7.30. The van der Waals surface area contributed by atoms with Crippen molar-refractivity contribution < 1.29 is 14.5 Å². The molecule has 1 amide bonds. The van der Waals surface area contributed by atoms with Crippen LogP contribution in [-0.2, 0) is 4.79 Å². The van der Waals surface area contributed by atoms with Gasteiger partial charge in [-0.25, -0.2) is 5.43 Å². The molecule has 0 heterocycles. The second kappa shape index (κ2) is 10.4. The van der Waals surface area contributed by atoms with Gasteiger partial charge in [0, 0.05) is 36.5 Å². The molecule has 1 saturated carbocycles. The molecular formula is C22H26N4O4. The number of nitro groups is 1. The number of hydrogen-bond acceptors (Lipinski definition) is 6. The summed E-state index contributed by atoms with van der Waals surface area (Å²) in [6, 6.07) is 14.1. The third-order valence-electron chi connectivity index (χ3n) is 5.23. The molecule has 158 valence electrons. The number of nitrogens with one attached hydrogen (secondary N) is 1. The first kappa shape index (κ1) is 21.3. The minimum absolute atomic E-state index is 0.0176. The zero-order valence-electron chi connectivity index (χ0n) is 17.0. The quantitative estimate of drug-likeness (QED) is 0.404. The van der Waals surface area contributed by atoms with Gasteiger partial charge in [0.25, 0.3) is 11.6 Å². The number of hydrogen-bond donors (Lipinski definition) is 1. The molecule has 1 fully saturated rings. The highest BCUT2D eigenvalue weighted by atomic mass is 16.6. The molecule has 0 saturated heterocycles. The molecule has 2 aromatic rings. The number of anilines is 1. The summed E-state index contributed by atoms with van der Waals surface area (Å²) in [7, 11) is 2.00. The van der Waals surface area contributed by atoms with Gasteiger partial charge in [0.05, 0.1) is 11.1 Å². The van der Waals surface area contributed by atoms with E-state index in [0.29, 0.717) is 17.4 Å². The van der Waals surface area contributed by atoms with Gasteiger partial charge < -0.3 is 9.64 Å². The number of non-ortho nitro benzene ring substituents is 1. The summed E-state index contributed by atoms with van der Waals surface area (Å²) in [4.78, 5) is 24.9. The maximum Gasteiger partial charge on any atom is 0.277 e. The van der Waals surface area contributed by atoms with Crippen LogP contribution in [0.1, 0.15) is 37.7 Å². The number of hydrazone groups is 1. The van der Waals surface area contributed by atoms with E-state index in [4.69, 9.17) is 4.74 Å². The number of para-hydroxylation sites is 1. The summed E-state index contributed by atoms with van der Waals surface area (Å²) in [5.41, 5.74) is 3.83. The van der Waals surface area contributed by atoms with Gasteiger partial charge >= 0.3 is 0 Å². The molecule has 1 aliphatic rings. The highest BCUT2D eigenvalue weighted by Gasteiger charge is 2.21. The molecule has 1 N–H and O–H groups in total. The number of nitro benzene ring substituents is 1. The Morgan fingerprint density at radius 3 is 2.67 bits per heavy atom. The van der Waals surface area contributed by atoms with E-state index in [1.807, 2.05) is 25.2 Å². The first-order chi connectivity index (χ1) is 14.5. The van der Waals surface area contributed by atoms with Crippen LogP contribution < -0.4 is 15.1 Å². The second-order valence-electron chi connectivity index (χ2n) is 7.30. The van der Waals surface area contributed by atoms with E-state index >= 15 is 0 Å². The van der Waals surface area contributed by atoms with Crippen LogP contribution in [0.2, 0.25) is 0 Å². The van der Waals surface area contributed by atoms with E-state index in [-0.39, 0.29) is 12.3 Å². The Hall–Kier alpha value is -3.42. The van der Waals surface area contributed by atoms with E-state index in [2.05, 4.69) is 15.4 Å². The largest absolute Gasteiger partial charge is 0.484 e. The molecule has 0 bridgehead atoms. The summed E-state index contributed by atoms with van der Waals surface area (Å²) in [6.45, 7) is -0.175. The van der Waals surface area contributed by atoms with E-state index in [9.17, 15) is 14.9 Å².